The molecule has 6 nitrogen and oxygen atoms in total. The average molecular weight is 288 g/mol. The maximum atomic E-state index is 12.2. The van der Waals surface area contributed by atoms with E-state index >= 15 is 0 Å². The van der Waals surface area contributed by atoms with Gasteiger partial charge in [0.15, 0.2) is 23.7 Å². The Kier molecular flexibility index (Phi) is 2.95. The molecule has 2 atom stereocenters. The van der Waals surface area contributed by atoms with Crippen molar-refractivity contribution in [1.29, 1.82) is 0 Å². The molecule has 0 bridgehead atoms. The monoisotopic (exact) mass is 288 g/mol. The number of fused-ring (bicyclic) bond motifs is 1. The van der Waals surface area contributed by atoms with Gasteiger partial charge >= 0.3 is 0 Å². The van der Waals surface area contributed by atoms with E-state index in [2.05, 4.69) is 0 Å². The van der Waals surface area contributed by atoms with Gasteiger partial charge in [-0.3, -0.25) is 4.79 Å². The van der Waals surface area contributed by atoms with Gasteiger partial charge in [-0.15, -0.1) is 0 Å². The third-order valence-electron chi connectivity index (χ3n) is 3.39. The molecule has 2 aromatic carbocycles. The zero-order valence-corrected chi connectivity index (χ0v) is 10.7. The number of carbonyl (C=O) groups is 1. The van der Waals surface area contributed by atoms with Crippen LogP contribution in [-0.2, 0) is 0 Å². The molecule has 0 saturated heterocycles. The lowest BCUT2D eigenvalue weighted by Gasteiger charge is -2.30. The summed E-state index contributed by atoms with van der Waals surface area (Å²) < 4.78 is 5.55. The van der Waals surface area contributed by atoms with Gasteiger partial charge in [0, 0.05) is 0 Å². The lowest BCUT2D eigenvalue weighted by atomic mass is 9.93. The number of aromatic hydroxyl groups is 3. The van der Waals surface area contributed by atoms with Crippen LogP contribution >= 0.6 is 0 Å². The quantitative estimate of drug-likeness (QED) is 0.592. The number of hydrogen-bond acceptors (Lipinski definition) is 6. The summed E-state index contributed by atoms with van der Waals surface area (Å²) in [5, 5.41) is 38.6. The smallest absolute Gasteiger partial charge is 0.202 e. The summed E-state index contributed by atoms with van der Waals surface area (Å²) in [5.41, 5.74) is 0.268. The number of aliphatic hydroxyl groups excluding tert-OH is 1. The Bertz CT molecular complexity index is 724. The SMILES string of the molecule is O=C1c2c(O)cccc2OC(c2ccc(O)c(O)c2)C1O. The molecule has 21 heavy (non-hydrogen) atoms. The van der Waals surface area contributed by atoms with E-state index in [-0.39, 0.29) is 28.6 Å². The van der Waals surface area contributed by atoms with E-state index in [0.29, 0.717) is 5.56 Å². The molecule has 0 aromatic heterocycles. The van der Waals surface area contributed by atoms with E-state index in [1.165, 1.54) is 36.4 Å². The van der Waals surface area contributed by atoms with Crippen LogP contribution in [0.15, 0.2) is 36.4 Å². The fraction of sp³-hybridized carbons (Fsp3) is 0.133. The highest BCUT2D eigenvalue weighted by atomic mass is 16.5. The molecular weight excluding hydrogens is 276 g/mol. The van der Waals surface area contributed by atoms with Gasteiger partial charge in [-0.1, -0.05) is 12.1 Å². The lowest BCUT2D eigenvalue weighted by Crippen LogP contribution is -2.36. The van der Waals surface area contributed by atoms with Gasteiger partial charge in [-0.05, 0) is 29.8 Å². The van der Waals surface area contributed by atoms with E-state index in [4.69, 9.17) is 4.74 Å². The number of benzene rings is 2. The van der Waals surface area contributed by atoms with Crippen molar-refractivity contribution in [1.82, 2.24) is 0 Å². The Hall–Kier alpha value is -2.73. The molecule has 0 radical (unpaired) electrons. The van der Waals surface area contributed by atoms with E-state index in [9.17, 15) is 25.2 Å². The molecule has 2 unspecified atom stereocenters. The second kappa shape index (κ2) is 4.68. The maximum absolute atomic E-state index is 12.2. The van der Waals surface area contributed by atoms with Crippen LogP contribution in [0.25, 0.3) is 0 Å². The normalized spacial score (nSPS) is 20.7. The number of hydrogen-bond donors (Lipinski definition) is 4. The molecule has 4 N–H and O–H groups in total. The van der Waals surface area contributed by atoms with Crippen LogP contribution in [0.3, 0.4) is 0 Å². The number of ketones is 1. The summed E-state index contributed by atoms with van der Waals surface area (Å²) in [6, 6.07) is 8.24. The van der Waals surface area contributed by atoms with Gasteiger partial charge in [-0.2, -0.15) is 0 Å². The van der Waals surface area contributed by atoms with E-state index < -0.39 is 18.0 Å². The zero-order valence-electron chi connectivity index (χ0n) is 10.7. The molecule has 3 rings (SSSR count). The molecular formula is C15H12O6. The molecule has 0 fully saturated rings. The number of ether oxygens (including phenoxy) is 1. The Morgan fingerprint density at radius 3 is 2.43 bits per heavy atom. The fourth-order valence-electron chi connectivity index (χ4n) is 2.32. The van der Waals surface area contributed by atoms with Crippen molar-refractivity contribution in [2.24, 2.45) is 0 Å². The molecule has 0 spiro atoms. The molecule has 1 aliphatic rings. The molecule has 0 aliphatic carbocycles. The van der Waals surface area contributed by atoms with Crippen LogP contribution in [0.1, 0.15) is 22.0 Å². The van der Waals surface area contributed by atoms with Gasteiger partial charge in [0.05, 0.1) is 0 Å². The second-order valence-corrected chi connectivity index (χ2v) is 4.75. The minimum absolute atomic E-state index is 0.0655. The first kappa shape index (κ1) is 13.3. The number of phenols is 3. The number of Topliss-reactive ketones (excluding diaryl/α,β-unsaturated/α-hetero) is 1. The number of carbonyl (C=O) groups excluding carboxylic acids is 1. The minimum atomic E-state index is -1.52. The highest BCUT2D eigenvalue weighted by Gasteiger charge is 2.38. The van der Waals surface area contributed by atoms with Crippen LogP contribution in [-0.4, -0.2) is 32.3 Å². The summed E-state index contributed by atoms with van der Waals surface area (Å²) >= 11 is 0. The zero-order chi connectivity index (χ0) is 15.1. The molecule has 0 saturated carbocycles. The predicted molar refractivity (Wildman–Crippen MR) is 71.6 cm³/mol. The number of phenolic OH excluding ortho intramolecular Hbond substituents is 3. The summed E-state index contributed by atoms with van der Waals surface area (Å²) in [7, 11) is 0. The molecule has 2 aromatic rings. The van der Waals surface area contributed by atoms with Crippen LogP contribution in [0.2, 0.25) is 0 Å². The van der Waals surface area contributed by atoms with Crippen molar-refractivity contribution >= 4 is 5.78 Å². The summed E-state index contributed by atoms with van der Waals surface area (Å²) in [5.74, 6) is -1.45. The Morgan fingerprint density at radius 1 is 0.952 bits per heavy atom. The first-order valence-corrected chi connectivity index (χ1v) is 6.22. The van der Waals surface area contributed by atoms with Gasteiger partial charge in [0.2, 0.25) is 5.78 Å². The largest absolute Gasteiger partial charge is 0.507 e. The van der Waals surface area contributed by atoms with Crippen LogP contribution in [0.5, 0.6) is 23.0 Å². The molecule has 108 valence electrons. The van der Waals surface area contributed by atoms with Crippen molar-refractivity contribution < 1.29 is 30.0 Å². The maximum Gasteiger partial charge on any atom is 0.202 e. The summed E-state index contributed by atoms with van der Waals surface area (Å²) in [6.45, 7) is 0. The van der Waals surface area contributed by atoms with Crippen molar-refractivity contribution in [3.05, 3.63) is 47.5 Å². The summed E-state index contributed by atoms with van der Waals surface area (Å²) in [4.78, 5) is 12.2. The third-order valence-corrected chi connectivity index (χ3v) is 3.39. The van der Waals surface area contributed by atoms with E-state index in [1.54, 1.807) is 0 Å². The van der Waals surface area contributed by atoms with E-state index in [1.807, 2.05) is 0 Å². The van der Waals surface area contributed by atoms with Crippen LogP contribution < -0.4 is 4.74 Å². The van der Waals surface area contributed by atoms with Crippen LogP contribution in [0, 0.1) is 0 Å². The van der Waals surface area contributed by atoms with Crippen molar-refractivity contribution in [3.63, 3.8) is 0 Å². The van der Waals surface area contributed by atoms with E-state index in [0.717, 1.165) is 0 Å². The van der Waals surface area contributed by atoms with Gasteiger partial charge < -0.3 is 25.2 Å². The Balaban J connectivity index is 2.06. The first-order valence-electron chi connectivity index (χ1n) is 6.22. The summed E-state index contributed by atoms with van der Waals surface area (Å²) in [6.07, 6.45) is -2.55. The molecule has 1 heterocycles. The first-order chi connectivity index (χ1) is 9.99. The van der Waals surface area contributed by atoms with Gasteiger partial charge in [-0.25, -0.2) is 0 Å². The van der Waals surface area contributed by atoms with Crippen molar-refractivity contribution in [2.75, 3.05) is 0 Å². The Labute approximate surface area is 119 Å². The van der Waals surface area contributed by atoms with Crippen LogP contribution in [0.4, 0.5) is 0 Å². The topological polar surface area (TPSA) is 107 Å². The highest BCUT2D eigenvalue weighted by Crippen LogP contribution is 2.40. The Morgan fingerprint density at radius 2 is 1.71 bits per heavy atom. The average Bonchev–Trinajstić information content (AvgIpc) is 2.46. The minimum Gasteiger partial charge on any atom is -0.507 e. The van der Waals surface area contributed by atoms with Gasteiger partial charge in [0.1, 0.15) is 17.1 Å². The predicted octanol–water partition coefficient (Wildman–Crippen LogP) is 1.48. The third kappa shape index (κ3) is 2.05. The second-order valence-electron chi connectivity index (χ2n) is 4.75. The van der Waals surface area contributed by atoms with Crippen molar-refractivity contribution in [2.45, 2.75) is 12.2 Å². The lowest BCUT2D eigenvalue weighted by molar-refractivity contribution is 0.0211. The molecule has 0 amide bonds. The highest BCUT2D eigenvalue weighted by molar-refractivity contribution is 6.05. The number of rotatable bonds is 1. The molecule has 1 aliphatic heterocycles. The molecule has 6 heteroatoms. The fourth-order valence-corrected chi connectivity index (χ4v) is 2.32. The van der Waals surface area contributed by atoms with Gasteiger partial charge in [0.25, 0.3) is 0 Å². The number of aliphatic hydroxyl groups is 1. The standard InChI is InChI=1S/C15H12O6/c16-8-5-4-7(6-10(8)18)15-14(20)13(19)12-9(17)2-1-3-11(12)21-15/h1-6,14-18,20H. The van der Waals surface area contributed by atoms with Crippen molar-refractivity contribution in [3.8, 4) is 23.0 Å².